The van der Waals surface area contributed by atoms with Gasteiger partial charge in [0.2, 0.25) is 0 Å². The first-order valence-corrected chi connectivity index (χ1v) is 6.66. The maximum atomic E-state index is 12.8. The van der Waals surface area contributed by atoms with E-state index in [1.165, 1.54) is 12.1 Å². The minimum atomic E-state index is -5.96. The van der Waals surface area contributed by atoms with Crippen LogP contribution in [-0.2, 0) is 5.60 Å². The molecule has 2 rings (SSSR count). The smallest absolute Gasteiger partial charge is 0.430 e. The van der Waals surface area contributed by atoms with Gasteiger partial charge in [0.05, 0.1) is 5.56 Å². The highest BCUT2D eigenvalue weighted by molar-refractivity contribution is 5.81. The Balaban J connectivity index is 2.49. The van der Waals surface area contributed by atoms with Crippen LogP contribution in [0.1, 0.15) is 15.9 Å². The van der Waals surface area contributed by atoms with Crippen molar-refractivity contribution in [1.82, 2.24) is 0 Å². The molecule has 0 radical (unpaired) electrons. The topological polar surface area (TPSA) is 57.5 Å². The lowest BCUT2D eigenvalue weighted by Crippen LogP contribution is -2.53. The summed E-state index contributed by atoms with van der Waals surface area (Å²) >= 11 is 0. The lowest BCUT2D eigenvalue weighted by Gasteiger charge is -2.32. The van der Waals surface area contributed by atoms with Crippen molar-refractivity contribution in [2.75, 3.05) is 0 Å². The number of rotatable bonds is 3. The number of benzene rings is 2. The molecule has 0 atom stereocenters. The van der Waals surface area contributed by atoms with Crippen molar-refractivity contribution >= 4 is 6.29 Å². The number of carbonyl (C=O) groups is 1. The third-order valence-corrected chi connectivity index (χ3v) is 3.61. The predicted octanol–water partition coefficient (Wildman–Crippen LogP) is 4.18. The van der Waals surface area contributed by atoms with Crippen molar-refractivity contribution < 1.29 is 41.4 Å². The summed E-state index contributed by atoms with van der Waals surface area (Å²) in [4.78, 5) is 10.6. The minimum Gasteiger partial charge on any atom is -0.507 e. The van der Waals surface area contributed by atoms with Crippen LogP contribution >= 0.6 is 0 Å². The van der Waals surface area contributed by atoms with Gasteiger partial charge in [0.25, 0.3) is 5.60 Å². The fraction of sp³-hybridized carbons (Fsp3) is 0.188. The van der Waals surface area contributed by atoms with Gasteiger partial charge in [-0.15, -0.1) is 0 Å². The summed E-state index contributed by atoms with van der Waals surface area (Å²) < 4.78 is 76.9. The number of hydrogen-bond acceptors (Lipinski definition) is 3. The average Bonchev–Trinajstić information content (AvgIpc) is 2.52. The standard InChI is InChI=1S/C16H10F6O3/c17-15(18,19)14(25,16(20,21)22)12-5-3-9(4-6-12)10-1-2-11(8-23)13(24)7-10/h1-8,24-25H. The molecule has 0 saturated carbocycles. The number of halogens is 6. The predicted molar refractivity (Wildman–Crippen MR) is 74.9 cm³/mol. The van der Waals surface area contributed by atoms with Crippen molar-refractivity contribution in [2.24, 2.45) is 0 Å². The Morgan fingerprint density at radius 1 is 0.800 bits per heavy atom. The zero-order valence-electron chi connectivity index (χ0n) is 12.2. The maximum absolute atomic E-state index is 12.8. The molecule has 0 bridgehead atoms. The Morgan fingerprint density at radius 2 is 1.28 bits per heavy atom. The molecular weight excluding hydrogens is 354 g/mol. The van der Waals surface area contributed by atoms with E-state index in [1.54, 1.807) is 0 Å². The van der Waals surface area contributed by atoms with Gasteiger partial charge >= 0.3 is 12.4 Å². The zero-order valence-corrected chi connectivity index (χ0v) is 12.2. The van der Waals surface area contributed by atoms with Gasteiger partial charge < -0.3 is 10.2 Å². The lowest BCUT2D eigenvalue weighted by atomic mass is 9.90. The van der Waals surface area contributed by atoms with E-state index in [9.17, 15) is 41.4 Å². The van der Waals surface area contributed by atoms with Crippen LogP contribution < -0.4 is 0 Å². The Morgan fingerprint density at radius 3 is 1.68 bits per heavy atom. The monoisotopic (exact) mass is 364 g/mol. The summed E-state index contributed by atoms with van der Waals surface area (Å²) in [5.41, 5.74) is -5.96. The van der Waals surface area contributed by atoms with Crippen molar-refractivity contribution in [1.29, 1.82) is 0 Å². The second-order valence-corrected chi connectivity index (χ2v) is 5.17. The van der Waals surface area contributed by atoms with Gasteiger partial charge in [-0.1, -0.05) is 30.3 Å². The fourth-order valence-electron chi connectivity index (χ4n) is 2.21. The molecule has 0 aliphatic rings. The summed E-state index contributed by atoms with van der Waals surface area (Å²) in [6, 6.07) is 6.62. The molecule has 2 aromatic rings. The first kappa shape index (κ1) is 18.8. The average molecular weight is 364 g/mol. The third kappa shape index (κ3) is 3.19. The van der Waals surface area contributed by atoms with E-state index < -0.39 is 29.3 Å². The molecule has 0 aromatic heterocycles. The lowest BCUT2D eigenvalue weighted by molar-refractivity contribution is -0.376. The number of aliphatic hydroxyl groups is 1. The van der Waals surface area contributed by atoms with E-state index in [4.69, 9.17) is 0 Å². The molecule has 0 amide bonds. The van der Waals surface area contributed by atoms with Crippen LogP contribution in [0.3, 0.4) is 0 Å². The van der Waals surface area contributed by atoms with Crippen LogP contribution in [-0.4, -0.2) is 28.9 Å². The molecule has 0 spiro atoms. The van der Waals surface area contributed by atoms with Crippen LogP contribution in [0.25, 0.3) is 11.1 Å². The van der Waals surface area contributed by atoms with Crippen molar-refractivity contribution in [3.8, 4) is 16.9 Å². The second-order valence-electron chi connectivity index (χ2n) is 5.17. The summed E-state index contributed by atoms with van der Waals surface area (Å²) in [7, 11) is 0. The third-order valence-electron chi connectivity index (χ3n) is 3.61. The first-order chi connectivity index (χ1) is 11.4. The largest absolute Gasteiger partial charge is 0.507 e. The molecule has 9 heteroatoms. The number of hydrogen-bond donors (Lipinski definition) is 2. The van der Waals surface area contributed by atoms with E-state index in [2.05, 4.69) is 0 Å². The van der Waals surface area contributed by atoms with E-state index in [-0.39, 0.29) is 16.7 Å². The van der Waals surface area contributed by atoms with E-state index in [0.717, 1.165) is 18.2 Å². The highest BCUT2D eigenvalue weighted by Gasteiger charge is 2.71. The number of aldehydes is 1. The molecule has 2 aromatic carbocycles. The molecule has 3 nitrogen and oxygen atoms in total. The highest BCUT2D eigenvalue weighted by atomic mass is 19.4. The van der Waals surface area contributed by atoms with Crippen molar-refractivity contribution in [2.45, 2.75) is 18.0 Å². The van der Waals surface area contributed by atoms with Gasteiger partial charge in [0, 0.05) is 5.56 Å². The van der Waals surface area contributed by atoms with Crippen molar-refractivity contribution in [3.63, 3.8) is 0 Å². The first-order valence-electron chi connectivity index (χ1n) is 6.66. The van der Waals surface area contributed by atoms with Gasteiger partial charge in [-0.2, -0.15) is 26.3 Å². The van der Waals surface area contributed by atoms with E-state index >= 15 is 0 Å². The van der Waals surface area contributed by atoms with Gasteiger partial charge in [0.15, 0.2) is 6.29 Å². The fourth-order valence-corrected chi connectivity index (χ4v) is 2.21. The summed E-state index contributed by atoms with van der Waals surface area (Å²) in [5.74, 6) is -0.390. The molecule has 25 heavy (non-hydrogen) atoms. The summed E-state index contributed by atoms with van der Waals surface area (Å²) in [6.07, 6.45) is -11.5. The normalized spacial score (nSPS) is 12.9. The molecular formula is C16H10F6O3. The Hall–Kier alpha value is -2.55. The minimum absolute atomic E-state index is 0.0242. The number of aromatic hydroxyl groups is 1. The maximum Gasteiger partial charge on any atom is 0.430 e. The van der Waals surface area contributed by atoms with Gasteiger partial charge in [-0.25, -0.2) is 0 Å². The van der Waals surface area contributed by atoms with E-state index in [1.807, 2.05) is 0 Å². The van der Waals surface area contributed by atoms with Crippen LogP contribution in [0, 0.1) is 0 Å². The quantitative estimate of drug-likeness (QED) is 0.635. The number of phenols is 1. The van der Waals surface area contributed by atoms with Crippen LogP contribution in [0.5, 0.6) is 5.75 Å². The Labute approximate surface area is 137 Å². The summed E-state index contributed by atoms with van der Waals surface area (Å²) in [5, 5.41) is 18.9. The molecule has 2 N–H and O–H groups in total. The highest BCUT2D eigenvalue weighted by Crippen LogP contribution is 2.50. The second kappa shape index (κ2) is 6.07. The zero-order chi connectivity index (χ0) is 19.0. The molecule has 0 fully saturated rings. The van der Waals surface area contributed by atoms with Crippen LogP contribution in [0.2, 0.25) is 0 Å². The molecule has 0 aliphatic carbocycles. The van der Waals surface area contributed by atoms with Crippen molar-refractivity contribution in [3.05, 3.63) is 53.6 Å². The van der Waals surface area contributed by atoms with Crippen LogP contribution in [0.15, 0.2) is 42.5 Å². The Bertz CT molecular complexity index is 764. The molecule has 0 unspecified atom stereocenters. The Kier molecular flexibility index (Phi) is 4.56. The number of phenolic OH excluding ortho intramolecular Hbond substituents is 1. The van der Waals surface area contributed by atoms with E-state index in [0.29, 0.717) is 18.4 Å². The van der Waals surface area contributed by atoms with Gasteiger partial charge in [0.1, 0.15) is 5.75 Å². The molecule has 0 aliphatic heterocycles. The molecule has 0 heterocycles. The number of alkyl halides is 6. The summed E-state index contributed by atoms with van der Waals surface area (Å²) in [6.45, 7) is 0. The van der Waals surface area contributed by atoms with Crippen LogP contribution in [0.4, 0.5) is 26.3 Å². The number of carbonyl (C=O) groups excluding carboxylic acids is 1. The van der Waals surface area contributed by atoms with Gasteiger partial charge in [-0.05, 0) is 23.3 Å². The SMILES string of the molecule is O=Cc1ccc(-c2ccc(C(O)(C(F)(F)F)C(F)(F)F)cc2)cc1O. The molecule has 0 saturated heterocycles. The molecule has 134 valence electrons. The van der Waals surface area contributed by atoms with Gasteiger partial charge in [-0.3, -0.25) is 4.79 Å².